The second-order valence-corrected chi connectivity index (χ2v) is 7.39. The zero-order valence-corrected chi connectivity index (χ0v) is 13.3. The minimum Gasteiger partial charge on any atom is -0.327 e. The summed E-state index contributed by atoms with van der Waals surface area (Å²) in [6.07, 6.45) is 8.34. The molecule has 2 saturated carbocycles. The molecule has 0 heterocycles. The standard InChI is InChI=1S/C17H34N2/c1-4-19(11-14-6-5-7-14)12-16-10-15(13(2)3)8-9-17(16)18/h13-17H,4-12,18H2,1-3H3. The Kier molecular flexibility index (Phi) is 5.70. The Balaban J connectivity index is 1.83. The number of hydrogen-bond acceptors (Lipinski definition) is 2. The maximum absolute atomic E-state index is 6.39. The Morgan fingerprint density at radius 1 is 1.11 bits per heavy atom. The molecule has 0 amide bonds. The van der Waals surface area contributed by atoms with Crippen molar-refractivity contribution >= 4 is 0 Å². The van der Waals surface area contributed by atoms with E-state index in [0.717, 1.165) is 23.7 Å². The van der Waals surface area contributed by atoms with Crippen LogP contribution in [-0.2, 0) is 0 Å². The van der Waals surface area contributed by atoms with Crippen LogP contribution in [0.15, 0.2) is 0 Å². The number of hydrogen-bond donors (Lipinski definition) is 1. The van der Waals surface area contributed by atoms with Gasteiger partial charge in [-0.1, -0.05) is 27.2 Å². The van der Waals surface area contributed by atoms with Crippen LogP contribution in [0.3, 0.4) is 0 Å². The largest absolute Gasteiger partial charge is 0.327 e. The fourth-order valence-electron chi connectivity index (χ4n) is 3.84. The smallest absolute Gasteiger partial charge is 0.00795 e. The summed E-state index contributed by atoms with van der Waals surface area (Å²) in [4.78, 5) is 2.68. The van der Waals surface area contributed by atoms with Gasteiger partial charge in [-0.25, -0.2) is 0 Å². The highest BCUT2D eigenvalue weighted by molar-refractivity contribution is 4.86. The summed E-state index contributed by atoms with van der Waals surface area (Å²) >= 11 is 0. The molecule has 2 aliphatic carbocycles. The second-order valence-electron chi connectivity index (χ2n) is 7.39. The Labute approximate surface area is 120 Å². The van der Waals surface area contributed by atoms with Gasteiger partial charge in [0.1, 0.15) is 0 Å². The zero-order chi connectivity index (χ0) is 13.8. The van der Waals surface area contributed by atoms with Crippen molar-refractivity contribution < 1.29 is 0 Å². The van der Waals surface area contributed by atoms with Gasteiger partial charge in [-0.2, -0.15) is 0 Å². The van der Waals surface area contributed by atoms with E-state index in [4.69, 9.17) is 5.73 Å². The van der Waals surface area contributed by atoms with Gasteiger partial charge in [-0.3, -0.25) is 0 Å². The van der Waals surface area contributed by atoms with Crippen molar-refractivity contribution in [3.8, 4) is 0 Å². The van der Waals surface area contributed by atoms with Crippen molar-refractivity contribution in [1.29, 1.82) is 0 Å². The second kappa shape index (κ2) is 7.08. The van der Waals surface area contributed by atoms with Crippen LogP contribution in [0.25, 0.3) is 0 Å². The molecule has 0 aromatic carbocycles. The molecule has 0 aromatic rings. The van der Waals surface area contributed by atoms with Gasteiger partial charge in [0.05, 0.1) is 0 Å². The third kappa shape index (κ3) is 4.19. The van der Waals surface area contributed by atoms with E-state index in [9.17, 15) is 0 Å². The lowest BCUT2D eigenvalue weighted by Gasteiger charge is -2.40. The van der Waals surface area contributed by atoms with Crippen molar-refractivity contribution in [2.75, 3.05) is 19.6 Å². The molecule has 2 heteroatoms. The average Bonchev–Trinajstić information content (AvgIpc) is 2.34. The molecule has 3 atom stereocenters. The summed E-state index contributed by atoms with van der Waals surface area (Å²) in [7, 11) is 0. The molecule has 0 aliphatic heterocycles. The van der Waals surface area contributed by atoms with E-state index in [1.165, 1.54) is 58.2 Å². The highest BCUT2D eigenvalue weighted by Crippen LogP contribution is 2.34. The first-order valence-electron chi connectivity index (χ1n) is 8.58. The number of nitrogens with zero attached hydrogens (tertiary/aromatic N) is 1. The minimum atomic E-state index is 0.449. The summed E-state index contributed by atoms with van der Waals surface area (Å²) in [5, 5.41) is 0. The maximum atomic E-state index is 6.39. The topological polar surface area (TPSA) is 29.3 Å². The molecule has 0 saturated heterocycles. The molecule has 0 spiro atoms. The molecule has 2 N–H and O–H groups in total. The van der Waals surface area contributed by atoms with E-state index in [1.54, 1.807) is 0 Å². The highest BCUT2D eigenvalue weighted by atomic mass is 15.1. The Bertz CT molecular complexity index is 260. The Morgan fingerprint density at radius 3 is 2.37 bits per heavy atom. The van der Waals surface area contributed by atoms with E-state index in [-0.39, 0.29) is 0 Å². The SMILES string of the molecule is CCN(CC1CCC1)CC1CC(C(C)C)CCC1N. The summed E-state index contributed by atoms with van der Waals surface area (Å²) < 4.78 is 0. The quantitative estimate of drug-likeness (QED) is 0.797. The van der Waals surface area contributed by atoms with E-state index < -0.39 is 0 Å². The van der Waals surface area contributed by atoms with Crippen molar-refractivity contribution in [1.82, 2.24) is 4.90 Å². The summed E-state index contributed by atoms with van der Waals surface area (Å²) in [6, 6.07) is 0.449. The summed E-state index contributed by atoms with van der Waals surface area (Å²) in [6.45, 7) is 10.8. The molecule has 3 unspecified atom stereocenters. The first kappa shape index (κ1) is 15.3. The first-order valence-corrected chi connectivity index (χ1v) is 8.58. The number of rotatable bonds is 6. The lowest BCUT2D eigenvalue weighted by atomic mass is 9.73. The fraction of sp³-hybridized carbons (Fsp3) is 1.00. The first-order chi connectivity index (χ1) is 9.10. The molecule has 19 heavy (non-hydrogen) atoms. The van der Waals surface area contributed by atoms with Gasteiger partial charge in [0, 0.05) is 19.1 Å². The van der Waals surface area contributed by atoms with Crippen LogP contribution >= 0.6 is 0 Å². The van der Waals surface area contributed by atoms with Gasteiger partial charge in [0.2, 0.25) is 0 Å². The van der Waals surface area contributed by atoms with Gasteiger partial charge in [-0.05, 0) is 62.3 Å². The van der Waals surface area contributed by atoms with Crippen molar-refractivity contribution in [2.24, 2.45) is 29.4 Å². The van der Waals surface area contributed by atoms with Crippen molar-refractivity contribution in [3.05, 3.63) is 0 Å². The zero-order valence-electron chi connectivity index (χ0n) is 13.3. The predicted molar refractivity (Wildman–Crippen MR) is 83.1 cm³/mol. The summed E-state index contributed by atoms with van der Waals surface area (Å²) in [5.74, 6) is 3.46. The molecule has 0 bridgehead atoms. The molecule has 2 fully saturated rings. The molecular weight excluding hydrogens is 232 g/mol. The molecule has 2 rings (SSSR count). The highest BCUT2D eigenvalue weighted by Gasteiger charge is 2.31. The van der Waals surface area contributed by atoms with Gasteiger partial charge in [0.25, 0.3) is 0 Å². The van der Waals surface area contributed by atoms with Gasteiger partial charge in [-0.15, -0.1) is 0 Å². The van der Waals surface area contributed by atoms with Crippen LogP contribution in [0.4, 0.5) is 0 Å². The monoisotopic (exact) mass is 266 g/mol. The Hall–Kier alpha value is -0.0800. The third-order valence-corrected chi connectivity index (χ3v) is 5.71. The fourth-order valence-corrected chi connectivity index (χ4v) is 3.84. The third-order valence-electron chi connectivity index (χ3n) is 5.71. The van der Waals surface area contributed by atoms with E-state index in [1.807, 2.05) is 0 Å². The van der Waals surface area contributed by atoms with Gasteiger partial charge >= 0.3 is 0 Å². The van der Waals surface area contributed by atoms with E-state index in [2.05, 4.69) is 25.7 Å². The molecule has 112 valence electrons. The van der Waals surface area contributed by atoms with Crippen molar-refractivity contribution in [2.45, 2.75) is 65.3 Å². The molecule has 2 aliphatic rings. The normalized spacial score (nSPS) is 32.8. The molecule has 0 aromatic heterocycles. The predicted octanol–water partition coefficient (Wildman–Crippen LogP) is 3.51. The average molecular weight is 266 g/mol. The maximum Gasteiger partial charge on any atom is 0.00795 e. The molecule has 0 radical (unpaired) electrons. The lowest BCUT2D eigenvalue weighted by Crippen LogP contribution is -2.45. The summed E-state index contributed by atoms with van der Waals surface area (Å²) in [5.41, 5.74) is 6.39. The van der Waals surface area contributed by atoms with Crippen LogP contribution in [0.5, 0.6) is 0 Å². The van der Waals surface area contributed by atoms with Crippen LogP contribution in [-0.4, -0.2) is 30.6 Å². The minimum absolute atomic E-state index is 0.449. The molecule has 2 nitrogen and oxygen atoms in total. The van der Waals surface area contributed by atoms with Crippen LogP contribution in [0, 0.1) is 23.7 Å². The lowest BCUT2D eigenvalue weighted by molar-refractivity contribution is 0.115. The number of nitrogens with two attached hydrogens (primary N) is 1. The van der Waals surface area contributed by atoms with Crippen LogP contribution in [0.2, 0.25) is 0 Å². The Morgan fingerprint density at radius 2 is 1.84 bits per heavy atom. The van der Waals surface area contributed by atoms with Gasteiger partial charge < -0.3 is 10.6 Å². The van der Waals surface area contributed by atoms with E-state index in [0.29, 0.717) is 6.04 Å². The molecular formula is C17H34N2. The van der Waals surface area contributed by atoms with Crippen LogP contribution < -0.4 is 5.73 Å². The van der Waals surface area contributed by atoms with Gasteiger partial charge in [0.15, 0.2) is 0 Å². The van der Waals surface area contributed by atoms with Crippen molar-refractivity contribution in [3.63, 3.8) is 0 Å². The van der Waals surface area contributed by atoms with Crippen LogP contribution in [0.1, 0.15) is 59.3 Å². The van der Waals surface area contributed by atoms with E-state index >= 15 is 0 Å².